The highest BCUT2D eigenvalue weighted by molar-refractivity contribution is 5.82. The summed E-state index contributed by atoms with van der Waals surface area (Å²) < 4.78 is 10.4. The van der Waals surface area contributed by atoms with Crippen molar-refractivity contribution in [1.29, 1.82) is 0 Å². The van der Waals surface area contributed by atoms with Crippen molar-refractivity contribution < 1.29 is 14.3 Å². The normalized spacial score (nSPS) is 14.9. The zero-order chi connectivity index (χ0) is 12.3. The number of hydrogen-bond acceptors (Lipinski definition) is 5. The number of hydrazone groups is 1. The van der Waals surface area contributed by atoms with Crippen LogP contribution in [0.4, 0.5) is 0 Å². The molecule has 0 heterocycles. The second-order valence-corrected chi connectivity index (χ2v) is 3.88. The number of carbonyl (C=O) groups is 1. The van der Waals surface area contributed by atoms with E-state index in [0.29, 0.717) is 11.5 Å². The fraction of sp³-hybridized carbons (Fsp3) is 0.333. The summed E-state index contributed by atoms with van der Waals surface area (Å²) >= 11 is 0. The smallest absolute Gasteiger partial charge is 0.314 e. The molecular weight excluding hydrogens is 220 g/mol. The van der Waals surface area contributed by atoms with Crippen molar-refractivity contribution in [3.8, 4) is 11.5 Å². The van der Waals surface area contributed by atoms with Crippen molar-refractivity contribution in [2.45, 2.75) is 12.8 Å². The highest BCUT2D eigenvalue weighted by Gasteiger charge is 2.32. The van der Waals surface area contributed by atoms with E-state index in [1.54, 1.807) is 18.2 Å². The maximum Gasteiger partial charge on any atom is 0.314 e. The SMILES string of the molecule is COc1cc(/C=N\N)ccc1OC(=O)C1CC1. The molecule has 0 aliphatic heterocycles. The molecule has 0 aromatic heterocycles. The average molecular weight is 234 g/mol. The van der Waals surface area contributed by atoms with Crippen LogP contribution in [0.5, 0.6) is 11.5 Å². The molecule has 5 heteroatoms. The third-order valence-electron chi connectivity index (χ3n) is 2.53. The van der Waals surface area contributed by atoms with Crippen LogP contribution in [0.2, 0.25) is 0 Å². The third-order valence-corrected chi connectivity index (χ3v) is 2.53. The van der Waals surface area contributed by atoms with Crippen LogP contribution in [0, 0.1) is 5.92 Å². The number of hydrogen-bond donors (Lipinski definition) is 1. The number of nitrogens with two attached hydrogens (primary N) is 1. The minimum atomic E-state index is -0.191. The molecule has 1 fully saturated rings. The molecular formula is C12H14N2O3. The number of methoxy groups -OCH3 is 1. The first-order valence-electron chi connectivity index (χ1n) is 5.37. The summed E-state index contributed by atoms with van der Waals surface area (Å²) in [7, 11) is 1.52. The molecule has 0 spiro atoms. The van der Waals surface area contributed by atoms with Crippen LogP contribution in [0.15, 0.2) is 23.3 Å². The molecule has 1 aromatic carbocycles. The summed E-state index contributed by atoms with van der Waals surface area (Å²) in [6.45, 7) is 0. The number of ether oxygens (including phenoxy) is 2. The van der Waals surface area contributed by atoms with E-state index in [9.17, 15) is 4.79 Å². The predicted octanol–water partition coefficient (Wildman–Crippen LogP) is 1.30. The van der Waals surface area contributed by atoms with E-state index in [0.717, 1.165) is 18.4 Å². The van der Waals surface area contributed by atoms with Crippen molar-refractivity contribution in [1.82, 2.24) is 0 Å². The molecule has 17 heavy (non-hydrogen) atoms. The first-order chi connectivity index (χ1) is 8.24. The molecule has 2 N–H and O–H groups in total. The quantitative estimate of drug-likeness (QED) is 0.280. The first-order valence-corrected chi connectivity index (χ1v) is 5.37. The van der Waals surface area contributed by atoms with E-state index in [1.165, 1.54) is 13.3 Å². The maximum absolute atomic E-state index is 11.5. The Bertz CT molecular complexity index is 453. The molecule has 0 amide bonds. The Labute approximate surface area is 99.2 Å². The minimum Gasteiger partial charge on any atom is -0.493 e. The highest BCUT2D eigenvalue weighted by Crippen LogP contribution is 2.33. The molecule has 1 aliphatic carbocycles. The van der Waals surface area contributed by atoms with E-state index in [2.05, 4.69) is 5.10 Å². The molecule has 1 aromatic rings. The molecule has 1 aliphatic rings. The summed E-state index contributed by atoms with van der Waals surface area (Å²) in [5.41, 5.74) is 0.788. The van der Waals surface area contributed by atoms with Crippen LogP contribution >= 0.6 is 0 Å². The minimum absolute atomic E-state index is 0.0602. The number of rotatable bonds is 4. The van der Waals surface area contributed by atoms with Gasteiger partial charge in [0.1, 0.15) is 0 Å². The number of nitrogens with zero attached hydrogens (tertiary/aromatic N) is 1. The van der Waals surface area contributed by atoms with Gasteiger partial charge in [-0.25, -0.2) is 0 Å². The van der Waals surface area contributed by atoms with E-state index < -0.39 is 0 Å². The second kappa shape index (κ2) is 4.86. The van der Waals surface area contributed by atoms with Gasteiger partial charge in [0.05, 0.1) is 19.2 Å². The van der Waals surface area contributed by atoms with E-state index >= 15 is 0 Å². The largest absolute Gasteiger partial charge is 0.493 e. The molecule has 2 rings (SSSR count). The van der Waals surface area contributed by atoms with Gasteiger partial charge in [0.2, 0.25) is 0 Å². The second-order valence-electron chi connectivity index (χ2n) is 3.88. The fourth-order valence-electron chi connectivity index (χ4n) is 1.45. The van der Waals surface area contributed by atoms with Crippen LogP contribution in [0.25, 0.3) is 0 Å². The number of carbonyl (C=O) groups excluding carboxylic acids is 1. The molecule has 90 valence electrons. The standard InChI is InChI=1S/C12H14N2O3/c1-16-11-6-8(7-14-13)2-5-10(11)17-12(15)9-3-4-9/h2,5-7,9H,3-4,13H2,1H3/b14-7-. The number of benzene rings is 1. The van der Waals surface area contributed by atoms with Crippen molar-refractivity contribution in [2.75, 3.05) is 7.11 Å². The Balaban J connectivity index is 2.17. The van der Waals surface area contributed by atoms with Gasteiger partial charge in [-0.1, -0.05) is 0 Å². The molecule has 0 unspecified atom stereocenters. The van der Waals surface area contributed by atoms with Crippen LogP contribution in [-0.4, -0.2) is 19.3 Å². The van der Waals surface area contributed by atoms with Crippen molar-refractivity contribution in [3.05, 3.63) is 23.8 Å². The first kappa shape index (κ1) is 11.4. The lowest BCUT2D eigenvalue weighted by atomic mass is 10.2. The topological polar surface area (TPSA) is 73.9 Å². The van der Waals surface area contributed by atoms with Crippen LogP contribution in [0.1, 0.15) is 18.4 Å². The lowest BCUT2D eigenvalue weighted by Gasteiger charge is -2.09. The summed E-state index contributed by atoms with van der Waals surface area (Å²) in [5.74, 6) is 5.86. The monoisotopic (exact) mass is 234 g/mol. The summed E-state index contributed by atoms with van der Waals surface area (Å²) in [5, 5.41) is 3.42. The molecule has 0 saturated heterocycles. The van der Waals surface area contributed by atoms with Crippen molar-refractivity contribution >= 4 is 12.2 Å². The third kappa shape index (κ3) is 2.75. The van der Waals surface area contributed by atoms with Gasteiger partial charge in [-0.3, -0.25) is 4.79 Å². The molecule has 1 saturated carbocycles. The summed E-state index contributed by atoms with van der Waals surface area (Å²) in [6, 6.07) is 5.15. The van der Waals surface area contributed by atoms with E-state index in [-0.39, 0.29) is 11.9 Å². The Morgan fingerprint density at radius 2 is 2.24 bits per heavy atom. The van der Waals surface area contributed by atoms with Crippen LogP contribution in [-0.2, 0) is 4.79 Å². The average Bonchev–Trinajstić information content (AvgIpc) is 3.15. The Morgan fingerprint density at radius 3 is 2.82 bits per heavy atom. The Hall–Kier alpha value is -2.04. The van der Waals surface area contributed by atoms with Gasteiger partial charge in [0.15, 0.2) is 11.5 Å². The van der Waals surface area contributed by atoms with Crippen molar-refractivity contribution in [2.24, 2.45) is 16.9 Å². The van der Waals surface area contributed by atoms with Gasteiger partial charge in [-0.15, -0.1) is 0 Å². The highest BCUT2D eigenvalue weighted by atomic mass is 16.6. The van der Waals surface area contributed by atoms with Gasteiger partial charge < -0.3 is 15.3 Å². The Kier molecular flexibility index (Phi) is 3.27. The van der Waals surface area contributed by atoms with Crippen LogP contribution in [0.3, 0.4) is 0 Å². The molecule has 0 atom stereocenters. The van der Waals surface area contributed by atoms with Gasteiger partial charge >= 0.3 is 5.97 Å². The lowest BCUT2D eigenvalue weighted by Crippen LogP contribution is -2.10. The molecule has 5 nitrogen and oxygen atoms in total. The van der Waals surface area contributed by atoms with Gasteiger partial charge in [-0.2, -0.15) is 5.10 Å². The zero-order valence-electron chi connectivity index (χ0n) is 9.55. The molecule has 0 radical (unpaired) electrons. The lowest BCUT2D eigenvalue weighted by molar-refractivity contribution is -0.135. The summed E-state index contributed by atoms with van der Waals surface area (Å²) in [4.78, 5) is 11.5. The van der Waals surface area contributed by atoms with E-state index in [4.69, 9.17) is 15.3 Å². The maximum atomic E-state index is 11.5. The van der Waals surface area contributed by atoms with E-state index in [1.807, 2.05) is 0 Å². The van der Waals surface area contributed by atoms with Gasteiger partial charge in [-0.05, 0) is 36.6 Å². The summed E-state index contributed by atoms with van der Waals surface area (Å²) in [6.07, 6.45) is 3.33. The van der Waals surface area contributed by atoms with Crippen molar-refractivity contribution in [3.63, 3.8) is 0 Å². The van der Waals surface area contributed by atoms with Gasteiger partial charge in [0, 0.05) is 0 Å². The molecule has 0 bridgehead atoms. The fourth-order valence-corrected chi connectivity index (χ4v) is 1.45. The zero-order valence-corrected chi connectivity index (χ0v) is 9.55. The van der Waals surface area contributed by atoms with Gasteiger partial charge in [0.25, 0.3) is 0 Å². The predicted molar refractivity (Wildman–Crippen MR) is 63.1 cm³/mol. The Morgan fingerprint density at radius 1 is 1.47 bits per heavy atom. The van der Waals surface area contributed by atoms with Crippen LogP contribution < -0.4 is 15.3 Å². The number of esters is 1.